The van der Waals surface area contributed by atoms with Crippen molar-refractivity contribution in [1.29, 1.82) is 0 Å². The highest BCUT2D eigenvalue weighted by Crippen LogP contribution is 2.28. The molecular formula is C13H19ClN2. The van der Waals surface area contributed by atoms with Gasteiger partial charge in [0.15, 0.2) is 0 Å². The van der Waals surface area contributed by atoms with Crippen LogP contribution in [0.1, 0.15) is 20.3 Å². The lowest BCUT2D eigenvalue weighted by molar-refractivity contribution is 0.585. The van der Waals surface area contributed by atoms with E-state index in [1.54, 1.807) is 0 Å². The van der Waals surface area contributed by atoms with Gasteiger partial charge in [-0.25, -0.2) is 0 Å². The molecule has 3 heteroatoms. The second-order valence-electron chi connectivity index (χ2n) is 4.60. The van der Waals surface area contributed by atoms with E-state index in [2.05, 4.69) is 36.2 Å². The monoisotopic (exact) mass is 238 g/mol. The predicted molar refractivity (Wildman–Crippen MR) is 70.3 cm³/mol. The molecule has 2 unspecified atom stereocenters. The normalized spacial score (nSPS) is 26.6. The van der Waals surface area contributed by atoms with E-state index in [1.807, 2.05) is 12.1 Å². The van der Waals surface area contributed by atoms with Crippen LogP contribution in [0.5, 0.6) is 0 Å². The van der Waals surface area contributed by atoms with E-state index >= 15 is 0 Å². The number of benzene rings is 1. The number of rotatable bonds is 1. The Kier molecular flexibility index (Phi) is 3.72. The van der Waals surface area contributed by atoms with E-state index < -0.39 is 0 Å². The van der Waals surface area contributed by atoms with Gasteiger partial charge in [0, 0.05) is 18.6 Å². The summed E-state index contributed by atoms with van der Waals surface area (Å²) in [5.41, 5.74) is 1.16. The summed E-state index contributed by atoms with van der Waals surface area (Å²) in [6.07, 6.45) is 1.16. The molecule has 2 atom stereocenters. The van der Waals surface area contributed by atoms with Crippen LogP contribution in [0.15, 0.2) is 24.3 Å². The number of nitrogens with zero attached hydrogens (tertiary/aromatic N) is 1. The summed E-state index contributed by atoms with van der Waals surface area (Å²) in [5.74, 6) is 0. The summed E-state index contributed by atoms with van der Waals surface area (Å²) < 4.78 is 0. The maximum Gasteiger partial charge on any atom is 0.0639 e. The molecule has 88 valence electrons. The molecule has 1 fully saturated rings. The number of hydrogen-bond donors (Lipinski definition) is 1. The van der Waals surface area contributed by atoms with Crippen LogP contribution in [0.2, 0.25) is 5.02 Å². The van der Waals surface area contributed by atoms with Gasteiger partial charge >= 0.3 is 0 Å². The van der Waals surface area contributed by atoms with Crippen LogP contribution in [-0.4, -0.2) is 25.2 Å². The third kappa shape index (κ3) is 2.50. The lowest BCUT2D eigenvalue weighted by Gasteiger charge is -2.31. The van der Waals surface area contributed by atoms with E-state index in [1.165, 1.54) is 0 Å². The molecule has 1 saturated heterocycles. The van der Waals surface area contributed by atoms with E-state index in [0.29, 0.717) is 12.1 Å². The van der Waals surface area contributed by atoms with Crippen molar-refractivity contribution in [2.24, 2.45) is 0 Å². The van der Waals surface area contributed by atoms with E-state index in [0.717, 1.165) is 30.2 Å². The Bertz CT molecular complexity index is 354. The fourth-order valence-electron chi connectivity index (χ4n) is 2.25. The van der Waals surface area contributed by atoms with E-state index in [-0.39, 0.29) is 0 Å². The van der Waals surface area contributed by atoms with Crippen molar-refractivity contribution in [3.8, 4) is 0 Å². The smallest absolute Gasteiger partial charge is 0.0639 e. The Morgan fingerprint density at radius 1 is 1.31 bits per heavy atom. The molecule has 1 aliphatic rings. The molecule has 1 aromatic rings. The highest BCUT2D eigenvalue weighted by Gasteiger charge is 2.21. The van der Waals surface area contributed by atoms with Gasteiger partial charge in [-0.2, -0.15) is 0 Å². The van der Waals surface area contributed by atoms with Crippen LogP contribution in [0.4, 0.5) is 5.69 Å². The number of halogens is 1. The quantitative estimate of drug-likeness (QED) is 0.810. The molecule has 0 saturated carbocycles. The van der Waals surface area contributed by atoms with E-state index in [4.69, 9.17) is 11.6 Å². The van der Waals surface area contributed by atoms with Gasteiger partial charge in [-0.15, -0.1) is 0 Å². The number of para-hydroxylation sites is 1. The third-order valence-corrected chi connectivity index (χ3v) is 3.54. The van der Waals surface area contributed by atoms with Crippen molar-refractivity contribution in [3.63, 3.8) is 0 Å². The first-order valence-electron chi connectivity index (χ1n) is 5.93. The first-order valence-corrected chi connectivity index (χ1v) is 6.31. The van der Waals surface area contributed by atoms with Gasteiger partial charge in [0.05, 0.1) is 10.7 Å². The molecule has 0 bridgehead atoms. The first kappa shape index (κ1) is 11.7. The summed E-state index contributed by atoms with van der Waals surface area (Å²) in [6, 6.07) is 9.16. The van der Waals surface area contributed by atoms with Crippen molar-refractivity contribution >= 4 is 17.3 Å². The Morgan fingerprint density at radius 2 is 2.06 bits per heavy atom. The lowest BCUT2D eigenvalue weighted by atomic mass is 10.1. The zero-order valence-corrected chi connectivity index (χ0v) is 10.7. The standard InChI is InChI=1S/C13H19ClN2/c1-10-9-16(11(2)7-8-15-10)13-6-4-3-5-12(13)14/h3-6,10-11,15H,7-9H2,1-2H3. The number of hydrogen-bond acceptors (Lipinski definition) is 2. The lowest BCUT2D eigenvalue weighted by Crippen LogP contribution is -2.38. The van der Waals surface area contributed by atoms with Crippen LogP contribution >= 0.6 is 11.6 Å². The topological polar surface area (TPSA) is 15.3 Å². The molecule has 16 heavy (non-hydrogen) atoms. The van der Waals surface area contributed by atoms with Gasteiger partial charge in [0.25, 0.3) is 0 Å². The second-order valence-corrected chi connectivity index (χ2v) is 5.00. The minimum Gasteiger partial charge on any atom is -0.366 e. The molecule has 1 N–H and O–H groups in total. The molecule has 1 aromatic carbocycles. The fraction of sp³-hybridized carbons (Fsp3) is 0.538. The van der Waals surface area contributed by atoms with Crippen LogP contribution in [0, 0.1) is 0 Å². The number of nitrogens with one attached hydrogen (secondary N) is 1. The van der Waals surface area contributed by atoms with Crippen molar-refractivity contribution in [2.45, 2.75) is 32.4 Å². The molecule has 0 aromatic heterocycles. The highest BCUT2D eigenvalue weighted by molar-refractivity contribution is 6.33. The fourth-order valence-corrected chi connectivity index (χ4v) is 2.50. The van der Waals surface area contributed by atoms with Gasteiger partial charge in [-0.3, -0.25) is 0 Å². The maximum atomic E-state index is 6.26. The van der Waals surface area contributed by atoms with Gasteiger partial charge in [-0.1, -0.05) is 23.7 Å². The maximum absolute atomic E-state index is 6.26. The van der Waals surface area contributed by atoms with Crippen LogP contribution in [0.25, 0.3) is 0 Å². The molecule has 0 aliphatic carbocycles. The Hall–Kier alpha value is -0.730. The molecule has 1 aliphatic heterocycles. The predicted octanol–water partition coefficient (Wildman–Crippen LogP) is 2.92. The zero-order valence-electron chi connectivity index (χ0n) is 9.91. The summed E-state index contributed by atoms with van der Waals surface area (Å²) >= 11 is 6.26. The zero-order chi connectivity index (χ0) is 11.5. The average molecular weight is 239 g/mol. The Morgan fingerprint density at radius 3 is 2.81 bits per heavy atom. The summed E-state index contributed by atoms with van der Waals surface area (Å²) in [5, 5.41) is 4.36. The van der Waals surface area contributed by atoms with Crippen molar-refractivity contribution in [3.05, 3.63) is 29.3 Å². The van der Waals surface area contributed by atoms with Crippen LogP contribution in [0.3, 0.4) is 0 Å². The summed E-state index contributed by atoms with van der Waals surface area (Å²) in [6.45, 7) is 6.60. The minimum absolute atomic E-state index is 0.515. The molecule has 0 spiro atoms. The molecule has 1 heterocycles. The molecular weight excluding hydrogens is 220 g/mol. The molecule has 0 amide bonds. The minimum atomic E-state index is 0.515. The first-order chi connectivity index (χ1) is 7.68. The van der Waals surface area contributed by atoms with Gasteiger partial charge in [0.1, 0.15) is 0 Å². The van der Waals surface area contributed by atoms with Crippen molar-refractivity contribution in [1.82, 2.24) is 5.32 Å². The summed E-state index contributed by atoms with van der Waals surface area (Å²) in [4.78, 5) is 2.41. The SMILES string of the molecule is CC1CN(c2ccccc2Cl)C(C)CCN1. The van der Waals surface area contributed by atoms with Gasteiger partial charge in [-0.05, 0) is 38.9 Å². The number of anilines is 1. The molecule has 2 rings (SSSR count). The summed E-state index contributed by atoms with van der Waals surface area (Å²) in [7, 11) is 0. The third-order valence-electron chi connectivity index (χ3n) is 3.22. The molecule has 0 radical (unpaired) electrons. The van der Waals surface area contributed by atoms with Crippen molar-refractivity contribution < 1.29 is 0 Å². The molecule has 2 nitrogen and oxygen atoms in total. The van der Waals surface area contributed by atoms with E-state index in [9.17, 15) is 0 Å². The average Bonchev–Trinajstić information content (AvgIpc) is 2.42. The van der Waals surface area contributed by atoms with Gasteiger partial charge < -0.3 is 10.2 Å². The Labute approximate surface area is 103 Å². The largest absolute Gasteiger partial charge is 0.366 e. The van der Waals surface area contributed by atoms with Crippen LogP contribution < -0.4 is 10.2 Å². The van der Waals surface area contributed by atoms with Gasteiger partial charge in [0.2, 0.25) is 0 Å². The van der Waals surface area contributed by atoms with Crippen molar-refractivity contribution in [2.75, 3.05) is 18.0 Å². The Balaban J connectivity index is 2.26. The second kappa shape index (κ2) is 5.07. The highest BCUT2D eigenvalue weighted by atomic mass is 35.5. The van der Waals surface area contributed by atoms with Crippen LogP contribution in [-0.2, 0) is 0 Å².